The number of carbonyl (C=O) groups excluding carboxylic acids is 2. The molecule has 3 aromatic rings. The molecule has 0 radical (unpaired) electrons. The summed E-state index contributed by atoms with van der Waals surface area (Å²) >= 11 is 0. The van der Waals surface area contributed by atoms with Gasteiger partial charge in [-0.15, -0.1) is 0 Å². The summed E-state index contributed by atoms with van der Waals surface area (Å²) in [6.45, 7) is 4.35. The maximum absolute atomic E-state index is 14.1. The molecule has 0 saturated heterocycles. The van der Waals surface area contributed by atoms with Gasteiger partial charge in [0.15, 0.2) is 11.6 Å². The second kappa shape index (κ2) is 12.7. The van der Waals surface area contributed by atoms with Gasteiger partial charge in [0.2, 0.25) is 0 Å². The van der Waals surface area contributed by atoms with E-state index in [-0.39, 0.29) is 30.7 Å². The minimum atomic E-state index is -0.720. The molecule has 1 saturated carbocycles. The van der Waals surface area contributed by atoms with E-state index in [1.54, 1.807) is 30.5 Å². The molecule has 1 aliphatic carbocycles. The Bertz CT molecular complexity index is 1330. The number of pyridine rings is 1. The molecule has 1 atom stereocenters. The van der Waals surface area contributed by atoms with Crippen LogP contribution in [-0.4, -0.2) is 36.6 Å². The first-order valence-corrected chi connectivity index (χ1v) is 13.0. The second-order valence-electron chi connectivity index (χ2n) is 10.0. The van der Waals surface area contributed by atoms with Crippen LogP contribution in [0.5, 0.6) is 11.5 Å². The number of amides is 1. The summed E-state index contributed by atoms with van der Waals surface area (Å²) in [4.78, 5) is 30.1. The van der Waals surface area contributed by atoms with Gasteiger partial charge in [0.25, 0.3) is 5.91 Å². The number of benzene rings is 2. The molecule has 0 unspecified atom stereocenters. The highest BCUT2D eigenvalue weighted by Crippen LogP contribution is 2.32. The largest absolute Gasteiger partial charge is 0.494 e. The van der Waals surface area contributed by atoms with Crippen LogP contribution in [0.2, 0.25) is 0 Å². The number of hydrogen-bond donors (Lipinski definition) is 2. The molecule has 206 valence electrons. The van der Waals surface area contributed by atoms with Crippen molar-refractivity contribution in [1.82, 2.24) is 10.3 Å². The van der Waals surface area contributed by atoms with Crippen LogP contribution in [0.15, 0.2) is 54.7 Å². The van der Waals surface area contributed by atoms with Crippen molar-refractivity contribution in [2.75, 3.05) is 13.7 Å². The molecule has 1 aromatic heterocycles. The van der Waals surface area contributed by atoms with Crippen LogP contribution in [0.4, 0.5) is 4.39 Å². The quantitative estimate of drug-likeness (QED) is 0.325. The third-order valence-electron chi connectivity index (χ3n) is 6.59. The van der Waals surface area contributed by atoms with Crippen LogP contribution < -0.4 is 20.5 Å². The van der Waals surface area contributed by atoms with Gasteiger partial charge < -0.3 is 25.3 Å². The van der Waals surface area contributed by atoms with E-state index >= 15 is 0 Å². The first-order chi connectivity index (χ1) is 18.8. The number of methoxy groups -OCH3 is 1. The van der Waals surface area contributed by atoms with Crippen LogP contribution in [0.1, 0.15) is 48.2 Å². The van der Waals surface area contributed by atoms with Crippen molar-refractivity contribution in [2.45, 2.75) is 45.9 Å². The fourth-order valence-electron chi connectivity index (χ4n) is 3.90. The predicted octanol–water partition coefficient (Wildman–Crippen LogP) is 4.64. The topological polar surface area (TPSA) is 113 Å². The van der Waals surface area contributed by atoms with Gasteiger partial charge in [-0.05, 0) is 66.6 Å². The zero-order chi connectivity index (χ0) is 27.9. The van der Waals surface area contributed by atoms with E-state index in [9.17, 15) is 14.0 Å². The molecule has 1 heterocycles. The van der Waals surface area contributed by atoms with E-state index in [1.165, 1.54) is 19.2 Å². The van der Waals surface area contributed by atoms with Gasteiger partial charge in [0.05, 0.1) is 25.0 Å². The molecule has 0 bridgehead atoms. The van der Waals surface area contributed by atoms with Gasteiger partial charge in [-0.3, -0.25) is 14.6 Å². The van der Waals surface area contributed by atoms with Crippen molar-refractivity contribution >= 4 is 11.9 Å². The van der Waals surface area contributed by atoms with Gasteiger partial charge in [0, 0.05) is 23.9 Å². The molecule has 2 aromatic carbocycles. The third kappa shape index (κ3) is 7.32. The number of aromatic nitrogens is 1. The first kappa shape index (κ1) is 28.0. The van der Waals surface area contributed by atoms with Crippen molar-refractivity contribution in [3.63, 3.8) is 0 Å². The lowest BCUT2D eigenvalue weighted by molar-refractivity contribution is -0.147. The molecule has 9 heteroatoms. The molecule has 4 rings (SSSR count). The lowest BCUT2D eigenvalue weighted by atomic mass is 10.0. The Morgan fingerprint density at radius 3 is 2.59 bits per heavy atom. The van der Waals surface area contributed by atoms with Crippen molar-refractivity contribution in [1.29, 1.82) is 0 Å². The van der Waals surface area contributed by atoms with Crippen LogP contribution in [0, 0.1) is 17.7 Å². The summed E-state index contributed by atoms with van der Waals surface area (Å²) in [5.41, 5.74) is 8.74. The van der Waals surface area contributed by atoms with Crippen LogP contribution >= 0.6 is 0 Å². The monoisotopic (exact) mass is 535 g/mol. The number of esters is 1. The van der Waals surface area contributed by atoms with E-state index in [2.05, 4.69) is 10.3 Å². The second-order valence-corrected chi connectivity index (χ2v) is 10.0. The Labute approximate surface area is 227 Å². The van der Waals surface area contributed by atoms with Crippen LogP contribution in [-0.2, 0) is 22.7 Å². The Morgan fingerprint density at radius 1 is 1.13 bits per heavy atom. The minimum absolute atomic E-state index is 0.00702. The average molecular weight is 536 g/mol. The normalized spacial score (nSPS) is 13.6. The van der Waals surface area contributed by atoms with Crippen molar-refractivity contribution in [3.05, 3.63) is 77.2 Å². The fourth-order valence-corrected chi connectivity index (χ4v) is 3.90. The van der Waals surface area contributed by atoms with Gasteiger partial charge in [0.1, 0.15) is 18.4 Å². The lowest BCUT2D eigenvalue weighted by Crippen LogP contribution is -2.36. The van der Waals surface area contributed by atoms with Gasteiger partial charge >= 0.3 is 5.97 Å². The summed E-state index contributed by atoms with van der Waals surface area (Å²) in [5, 5.41) is 2.85. The van der Waals surface area contributed by atoms with E-state index in [4.69, 9.17) is 19.9 Å². The van der Waals surface area contributed by atoms with Gasteiger partial charge in [-0.1, -0.05) is 26.0 Å². The summed E-state index contributed by atoms with van der Waals surface area (Å²) in [6, 6.07) is 12.7. The number of halogens is 1. The van der Waals surface area contributed by atoms with Gasteiger partial charge in [-0.25, -0.2) is 4.39 Å². The number of hydrogen-bond acceptors (Lipinski definition) is 7. The molecular formula is C30H34FN3O5. The molecule has 0 aliphatic heterocycles. The van der Waals surface area contributed by atoms with Crippen LogP contribution in [0.25, 0.3) is 11.3 Å². The Kier molecular flexibility index (Phi) is 9.14. The number of nitrogens with zero attached hydrogens (tertiary/aromatic N) is 1. The molecule has 8 nitrogen and oxygen atoms in total. The highest BCUT2D eigenvalue weighted by molar-refractivity contribution is 5.98. The molecule has 1 fully saturated rings. The number of ether oxygens (including phenoxy) is 3. The Morgan fingerprint density at radius 2 is 1.90 bits per heavy atom. The Hall–Kier alpha value is -3.98. The fraction of sp³-hybridized carbons (Fsp3) is 0.367. The molecule has 1 amide bonds. The molecular weight excluding hydrogens is 501 g/mol. The van der Waals surface area contributed by atoms with E-state index in [0.29, 0.717) is 46.2 Å². The standard InChI is InChI=1S/C30H34FN3O5/c1-18(2)27(32)30(36)39-17-22-5-4-12-33-28(22)21-9-11-25(38-16-19-6-7-19)23(14-21)29(35)34-15-20-8-10-26(37-3)24(31)13-20/h4-5,8-14,18-19,27H,6-7,15-17,32H2,1-3H3,(H,34,35)/t27-/m0/s1. The summed E-state index contributed by atoms with van der Waals surface area (Å²) in [7, 11) is 1.40. The first-order valence-electron chi connectivity index (χ1n) is 13.0. The number of nitrogens with one attached hydrogen (secondary N) is 1. The SMILES string of the molecule is COc1ccc(CNC(=O)c2cc(-c3ncccc3COC(=O)[C@@H](N)C(C)C)ccc2OCC2CC2)cc1F. The number of nitrogens with two attached hydrogens (primary N) is 1. The minimum Gasteiger partial charge on any atom is -0.494 e. The summed E-state index contributed by atoms with van der Waals surface area (Å²) < 4.78 is 30.5. The highest BCUT2D eigenvalue weighted by Gasteiger charge is 2.24. The van der Waals surface area contributed by atoms with E-state index < -0.39 is 17.8 Å². The third-order valence-corrected chi connectivity index (χ3v) is 6.59. The van der Waals surface area contributed by atoms with E-state index in [1.807, 2.05) is 26.0 Å². The Balaban J connectivity index is 1.56. The predicted molar refractivity (Wildman–Crippen MR) is 145 cm³/mol. The van der Waals surface area contributed by atoms with Crippen molar-refractivity contribution in [2.24, 2.45) is 17.6 Å². The summed E-state index contributed by atoms with van der Waals surface area (Å²) in [5.74, 6) is -0.323. The zero-order valence-corrected chi connectivity index (χ0v) is 22.4. The lowest BCUT2D eigenvalue weighted by Gasteiger charge is -2.16. The summed E-state index contributed by atoms with van der Waals surface area (Å²) in [6.07, 6.45) is 3.86. The average Bonchev–Trinajstić information content (AvgIpc) is 3.78. The molecule has 0 spiro atoms. The molecule has 1 aliphatic rings. The molecule has 39 heavy (non-hydrogen) atoms. The van der Waals surface area contributed by atoms with Crippen molar-refractivity contribution < 1.29 is 28.2 Å². The number of carbonyl (C=O) groups is 2. The van der Waals surface area contributed by atoms with Gasteiger partial charge in [-0.2, -0.15) is 0 Å². The van der Waals surface area contributed by atoms with Crippen molar-refractivity contribution in [3.8, 4) is 22.8 Å². The number of rotatable bonds is 12. The maximum atomic E-state index is 14.1. The smallest absolute Gasteiger partial charge is 0.323 e. The maximum Gasteiger partial charge on any atom is 0.323 e. The van der Waals surface area contributed by atoms with Crippen LogP contribution in [0.3, 0.4) is 0 Å². The zero-order valence-electron chi connectivity index (χ0n) is 22.4. The highest BCUT2D eigenvalue weighted by atomic mass is 19.1. The van der Waals surface area contributed by atoms with E-state index in [0.717, 1.165) is 12.8 Å². The molecule has 3 N–H and O–H groups in total.